The summed E-state index contributed by atoms with van der Waals surface area (Å²) in [7, 11) is -0.0477. The van der Waals surface area contributed by atoms with Crippen LogP contribution in [0.25, 0.3) is 0 Å². The fourth-order valence-electron chi connectivity index (χ4n) is 1.64. The fraction of sp³-hybridized carbons (Fsp3) is 0.583. The van der Waals surface area contributed by atoms with Gasteiger partial charge in [-0.2, -0.15) is 4.31 Å². The van der Waals surface area contributed by atoms with Crippen molar-refractivity contribution in [3.63, 3.8) is 0 Å². The maximum absolute atomic E-state index is 12.2. The Kier molecular flexibility index (Phi) is 5.25. The van der Waals surface area contributed by atoms with Crippen molar-refractivity contribution in [3.8, 4) is 0 Å². The normalized spacial score (nSPS) is 12.3. The number of hydrogen-bond donors (Lipinski definition) is 1. The summed E-state index contributed by atoms with van der Waals surface area (Å²) >= 11 is 0. The van der Waals surface area contributed by atoms with Crippen molar-refractivity contribution in [2.75, 3.05) is 20.6 Å². The van der Waals surface area contributed by atoms with Gasteiger partial charge in [-0.25, -0.2) is 13.4 Å². The molecule has 0 fully saturated rings. The van der Waals surface area contributed by atoms with Crippen LogP contribution in [0, 0.1) is 5.92 Å². The van der Waals surface area contributed by atoms with E-state index in [9.17, 15) is 8.42 Å². The Labute approximate surface area is 109 Å². The molecule has 1 heterocycles. The quantitative estimate of drug-likeness (QED) is 0.841. The average molecular weight is 271 g/mol. The molecule has 18 heavy (non-hydrogen) atoms. The molecule has 0 radical (unpaired) electrons. The van der Waals surface area contributed by atoms with Crippen LogP contribution in [0.4, 0.5) is 0 Å². The monoisotopic (exact) mass is 271 g/mol. The first kappa shape index (κ1) is 15.1. The molecule has 102 valence electrons. The standard InChI is InChI=1S/C12H21N3O2S/c1-10(2)9-15(4)18(16,17)12-6-5-11(7-13-3)8-14-12/h5-6,8,10,13H,7,9H2,1-4H3. The number of sulfonamides is 1. The summed E-state index contributed by atoms with van der Waals surface area (Å²) < 4.78 is 25.7. The maximum atomic E-state index is 12.2. The molecule has 1 aromatic heterocycles. The van der Waals surface area contributed by atoms with Crippen molar-refractivity contribution in [1.29, 1.82) is 0 Å². The van der Waals surface area contributed by atoms with Gasteiger partial charge in [-0.05, 0) is 24.6 Å². The van der Waals surface area contributed by atoms with Crippen molar-refractivity contribution in [3.05, 3.63) is 23.9 Å². The SMILES string of the molecule is CNCc1ccc(S(=O)(=O)N(C)CC(C)C)nc1. The van der Waals surface area contributed by atoms with Gasteiger partial charge in [-0.1, -0.05) is 19.9 Å². The molecule has 0 atom stereocenters. The van der Waals surface area contributed by atoms with Gasteiger partial charge in [0.05, 0.1) is 0 Å². The third kappa shape index (κ3) is 3.76. The van der Waals surface area contributed by atoms with Crippen molar-refractivity contribution in [2.45, 2.75) is 25.4 Å². The molecule has 5 nitrogen and oxygen atoms in total. The zero-order valence-electron chi connectivity index (χ0n) is 11.3. The van der Waals surface area contributed by atoms with Gasteiger partial charge < -0.3 is 5.32 Å². The van der Waals surface area contributed by atoms with E-state index in [1.807, 2.05) is 20.9 Å². The molecule has 0 bridgehead atoms. The van der Waals surface area contributed by atoms with Gasteiger partial charge in [0.2, 0.25) is 0 Å². The lowest BCUT2D eigenvalue weighted by atomic mass is 10.2. The molecule has 0 unspecified atom stereocenters. The van der Waals surface area contributed by atoms with E-state index < -0.39 is 10.0 Å². The molecule has 0 aliphatic carbocycles. The molecule has 1 N–H and O–H groups in total. The highest BCUT2D eigenvalue weighted by Crippen LogP contribution is 2.13. The Morgan fingerprint density at radius 3 is 2.50 bits per heavy atom. The lowest BCUT2D eigenvalue weighted by Gasteiger charge is -2.18. The van der Waals surface area contributed by atoms with Crippen LogP contribution >= 0.6 is 0 Å². The van der Waals surface area contributed by atoms with Crippen molar-refractivity contribution in [1.82, 2.24) is 14.6 Å². The van der Waals surface area contributed by atoms with Gasteiger partial charge >= 0.3 is 0 Å². The van der Waals surface area contributed by atoms with Crippen molar-refractivity contribution in [2.24, 2.45) is 5.92 Å². The summed E-state index contributed by atoms with van der Waals surface area (Å²) in [6.07, 6.45) is 1.59. The molecule has 0 amide bonds. The highest BCUT2D eigenvalue weighted by molar-refractivity contribution is 7.89. The number of pyridine rings is 1. The summed E-state index contributed by atoms with van der Waals surface area (Å²) in [5, 5.41) is 3.09. The number of hydrogen-bond acceptors (Lipinski definition) is 4. The lowest BCUT2D eigenvalue weighted by molar-refractivity contribution is 0.415. The van der Waals surface area contributed by atoms with Gasteiger partial charge in [0, 0.05) is 26.3 Å². The van der Waals surface area contributed by atoms with Gasteiger partial charge in [-0.15, -0.1) is 0 Å². The first-order chi connectivity index (χ1) is 8.37. The van der Waals surface area contributed by atoms with E-state index in [0.717, 1.165) is 5.56 Å². The zero-order chi connectivity index (χ0) is 13.8. The smallest absolute Gasteiger partial charge is 0.260 e. The van der Waals surface area contributed by atoms with Gasteiger partial charge in [0.1, 0.15) is 0 Å². The van der Waals surface area contributed by atoms with E-state index in [-0.39, 0.29) is 10.9 Å². The van der Waals surface area contributed by atoms with E-state index in [1.54, 1.807) is 25.4 Å². The second kappa shape index (κ2) is 6.26. The average Bonchev–Trinajstić information content (AvgIpc) is 2.29. The molecule has 0 aliphatic heterocycles. The van der Waals surface area contributed by atoms with E-state index >= 15 is 0 Å². The number of nitrogens with zero attached hydrogens (tertiary/aromatic N) is 2. The Morgan fingerprint density at radius 1 is 1.39 bits per heavy atom. The first-order valence-electron chi connectivity index (χ1n) is 5.93. The van der Waals surface area contributed by atoms with Crippen molar-refractivity contribution >= 4 is 10.0 Å². The number of rotatable bonds is 6. The van der Waals surface area contributed by atoms with E-state index in [1.165, 1.54) is 4.31 Å². The first-order valence-corrected chi connectivity index (χ1v) is 7.37. The van der Waals surface area contributed by atoms with Crippen LogP contribution in [0.1, 0.15) is 19.4 Å². The maximum Gasteiger partial charge on any atom is 0.260 e. The molecule has 1 aromatic rings. The molecule has 0 saturated heterocycles. The Balaban J connectivity index is 2.91. The Morgan fingerprint density at radius 2 is 2.06 bits per heavy atom. The van der Waals surface area contributed by atoms with Crippen LogP contribution in [-0.2, 0) is 16.6 Å². The van der Waals surface area contributed by atoms with Gasteiger partial charge in [0.25, 0.3) is 10.0 Å². The third-order valence-electron chi connectivity index (χ3n) is 2.48. The summed E-state index contributed by atoms with van der Waals surface area (Å²) in [5.41, 5.74) is 0.961. The highest BCUT2D eigenvalue weighted by Gasteiger charge is 2.22. The van der Waals surface area contributed by atoms with Gasteiger partial charge in [0.15, 0.2) is 5.03 Å². The van der Waals surface area contributed by atoms with E-state index in [0.29, 0.717) is 13.1 Å². The van der Waals surface area contributed by atoms with E-state index in [4.69, 9.17) is 0 Å². The van der Waals surface area contributed by atoms with Crippen LogP contribution in [0.15, 0.2) is 23.4 Å². The van der Waals surface area contributed by atoms with E-state index in [2.05, 4.69) is 10.3 Å². The molecule has 1 rings (SSSR count). The molecule has 0 aromatic carbocycles. The third-order valence-corrected chi connectivity index (χ3v) is 4.22. The molecular formula is C12H21N3O2S. The van der Waals surface area contributed by atoms with Crippen LogP contribution < -0.4 is 5.32 Å². The molecule has 6 heteroatoms. The lowest BCUT2D eigenvalue weighted by Crippen LogP contribution is -2.31. The van der Waals surface area contributed by atoms with Crippen LogP contribution in [0.3, 0.4) is 0 Å². The van der Waals surface area contributed by atoms with Gasteiger partial charge in [-0.3, -0.25) is 0 Å². The second-order valence-corrected chi connectivity index (χ2v) is 6.71. The van der Waals surface area contributed by atoms with Crippen LogP contribution in [-0.4, -0.2) is 38.3 Å². The zero-order valence-corrected chi connectivity index (χ0v) is 12.2. The summed E-state index contributed by atoms with van der Waals surface area (Å²) in [4.78, 5) is 4.03. The number of aromatic nitrogens is 1. The largest absolute Gasteiger partial charge is 0.316 e. The minimum absolute atomic E-state index is 0.102. The number of nitrogens with one attached hydrogen (secondary N) is 1. The summed E-state index contributed by atoms with van der Waals surface area (Å²) in [6, 6.07) is 3.33. The Hall–Kier alpha value is -0.980. The molecule has 0 saturated carbocycles. The van der Waals surface area contributed by atoms with Crippen molar-refractivity contribution < 1.29 is 8.42 Å². The predicted octanol–water partition coefficient (Wildman–Crippen LogP) is 1.08. The Bertz CT molecular complexity index is 469. The topological polar surface area (TPSA) is 62.3 Å². The fourth-order valence-corrected chi connectivity index (χ4v) is 2.88. The van der Waals surface area contributed by atoms with Crippen LogP contribution in [0.5, 0.6) is 0 Å². The second-order valence-electron chi connectivity index (χ2n) is 4.71. The molecule has 0 spiro atoms. The molecule has 0 aliphatic rings. The minimum Gasteiger partial charge on any atom is -0.316 e. The minimum atomic E-state index is -3.46. The highest BCUT2D eigenvalue weighted by atomic mass is 32.2. The summed E-state index contributed by atoms with van der Waals surface area (Å²) in [6.45, 7) is 5.13. The van der Waals surface area contributed by atoms with Crippen LogP contribution in [0.2, 0.25) is 0 Å². The molecular weight excluding hydrogens is 250 g/mol. The predicted molar refractivity (Wildman–Crippen MR) is 71.7 cm³/mol. The summed E-state index contributed by atoms with van der Waals surface area (Å²) in [5.74, 6) is 0.285.